The maximum atomic E-state index is 12.5. The third-order valence-corrected chi connectivity index (χ3v) is 4.98. The molecule has 0 spiro atoms. The number of benzene rings is 1. The van der Waals surface area contributed by atoms with Crippen molar-refractivity contribution in [3.05, 3.63) is 36.0 Å². The van der Waals surface area contributed by atoms with Crippen molar-refractivity contribution in [1.82, 2.24) is 9.88 Å². The van der Waals surface area contributed by atoms with E-state index in [0.29, 0.717) is 5.56 Å². The number of carbonyl (C=O) groups is 2. The highest BCUT2D eigenvalue weighted by atomic mass is 16.5. The second kappa shape index (κ2) is 8.19. The van der Waals surface area contributed by atoms with Crippen molar-refractivity contribution in [2.24, 2.45) is 0 Å². The maximum Gasteiger partial charge on any atom is 0.340 e. The number of nitrogens with zero attached hydrogens (tertiary/aromatic N) is 1. The van der Waals surface area contributed by atoms with Crippen LogP contribution in [0.2, 0.25) is 0 Å². The Balaban J connectivity index is 1.73. The fourth-order valence-electron chi connectivity index (χ4n) is 3.68. The Bertz CT molecular complexity index is 742. The number of amides is 1. The minimum Gasteiger partial charge on any atom is -0.465 e. The van der Waals surface area contributed by atoms with E-state index in [1.165, 1.54) is 39.2 Å². The first-order valence-electron chi connectivity index (χ1n) is 9.14. The van der Waals surface area contributed by atoms with Gasteiger partial charge in [-0.15, -0.1) is 0 Å². The highest BCUT2D eigenvalue weighted by Crippen LogP contribution is 2.22. The summed E-state index contributed by atoms with van der Waals surface area (Å²) in [4.78, 5) is 24.5. The number of fused-ring (bicyclic) bond motifs is 1. The number of carbonyl (C=O) groups excluding carboxylic acids is 2. The predicted molar refractivity (Wildman–Crippen MR) is 97.5 cm³/mol. The number of para-hydroxylation sites is 1. The standard InChI is InChI=1S/C20H26N2O3/c1-25-20(24)17-13-22(18-12-8-7-11-16(17)18)14-19(23)21-15-9-5-3-2-4-6-10-15/h7-8,11-13,15H,2-6,9-10,14H2,1H3,(H,21,23). The average molecular weight is 342 g/mol. The summed E-state index contributed by atoms with van der Waals surface area (Å²) in [5.74, 6) is -0.377. The first-order valence-corrected chi connectivity index (χ1v) is 9.14. The van der Waals surface area contributed by atoms with Gasteiger partial charge in [0.25, 0.3) is 0 Å². The number of hydrogen-bond donors (Lipinski definition) is 1. The molecule has 1 N–H and O–H groups in total. The highest BCUT2D eigenvalue weighted by Gasteiger charge is 2.18. The largest absolute Gasteiger partial charge is 0.465 e. The van der Waals surface area contributed by atoms with Gasteiger partial charge in [-0.2, -0.15) is 0 Å². The van der Waals surface area contributed by atoms with Crippen LogP contribution in [0, 0.1) is 0 Å². The summed E-state index contributed by atoms with van der Waals surface area (Å²) in [6.07, 6.45) is 10.0. The van der Waals surface area contributed by atoms with Crippen LogP contribution >= 0.6 is 0 Å². The van der Waals surface area contributed by atoms with Gasteiger partial charge in [-0.1, -0.05) is 50.3 Å². The number of rotatable bonds is 4. The fourth-order valence-corrected chi connectivity index (χ4v) is 3.68. The van der Waals surface area contributed by atoms with E-state index in [1.807, 2.05) is 28.8 Å². The molecule has 2 aromatic rings. The monoisotopic (exact) mass is 342 g/mol. The summed E-state index contributed by atoms with van der Waals surface area (Å²) in [6.45, 7) is 0.216. The van der Waals surface area contributed by atoms with Crippen LogP contribution in [-0.2, 0) is 16.1 Å². The zero-order chi connectivity index (χ0) is 17.6. The van der Waals surface area contributed by atoms with Crippen molar-refractivity contribution in [2.45, 2.75) is 57.5 Å². The molecule has 1 heterocycles. The molecule has 3 rings (SSSR count). The van der Waals surface area contributed by atoms with Gasteiger partial charge >= 0.3 is 5.97 Å². The van der Waals surface area contributed by atoms with Crippen LogP contribution in [0.5, 0.6) is 0 Å². The SMILES string of the molecule is COC(=O)c1cn(CC(=O)NC2CCCCCCC2)c2ccccc12. The summed E-state index contributed by atoms with van der Waals surface area (Å²) in [5.41, 5.74) is 1.37. The quantitative estimate of drug-likeness (QED) is 0.863. The first kappa shape index (κ1) is 17.5. The topological polar surface area (TPSA) is 60.3 Å². The molecular formula is C20H26N2O3. The van der Waals surface area contributed by atoms with Crippen LogP contribution in [-0.4, -0.2) is 29.6 Å². The van der Waals surface area contributed by atoms with Gasteiger partial charge in [-0.25, -0.2) is 4.79 Å². The van der Waals surface area contributed by atoms with E-state index in [0.717, 1.165) is 23.7 Å². The van der Waals surface area contributed by atoms with E-state index in [2.05, 4.69) is 5.32 Å². The van der Waals surface area contributed by atoms with Crippen LogP contribution in [0.1, 0.15) is 55.3 Å². The number of methoxy groups -OCH3 is 1. The number of nitrogens with one attached hydrogen (secondary N) is 1. The molecule has 5 heteroatoms. The molecule has 0 saturated heterocycles. The van der Waals surface area contributed by atoms with E-state index >= 15 is 0 Å². The van der Waals surface area contributed by atoms with Crippen LogP contribution in [0.15, 0.2) is 30.5 Å². The van der Waals surface area contributed by atoms with E-state index in [4.69, 9.17) is 4.74 Å². The lowest BCUT2D eigenvalue weighted by Crippen LogP contribution is -2.37. The van der Waals surface area contributed by atoms with Crippen LogP contribution in [0.4, 0.5) is 0 Å². The van der Waals surface area contributed by atoms with Crippen LogP contribution < -0.4 is 5.32 Å². The molecule has 0 bridgehead atoms. The number of hydrogen-bond acceptors (Lipinski definition) is 3. The van der Waals surface area contributed by atoms with E-state index < -0.39 is 0 Å². The summed E-state index contributed by atoms with van der Waals surface area (Å²) < 4.78 is 6.69. The third-order valence-electron chi connectivity index (χ3n) is 4.98. The van der Waals surface area contributed by atoms with Gasteiger partial charge in [-0.3, -0.25) is 4.79 Å². The van der Waals surface area contributed by atoms with E-state index in [9.17, 15) is 9.59 Å². The molecule has 5 nitrogen and oxygen atoms in total. The third kappa shape index (κ3) is 4.21. The molecule has 1 aliphatic rings. The van der Waals surface area contributed by atoms with Gasteiger partial charge < -0.3 is 14.6 Å². The van der Waals surface area contributed by atoms with Gasteiger partial charge in [0.05, 0.1) is 12.7 Å². The lowest BCUT2D eigenvalue weighted by Gasteiger charge is -2.21. The van der Waals surface area contributed by atoms with Gasteiger partial charge in [0.2, 0.25) is 5.91 Å². The zero-order valence-electron chi connectivity index (χ0n) is 14.8. The van der Waals surface area contributed by atoms with Gasteiger partial charge in [0.15, 0.2) is 0 Å². The van der Waals surface area contributed by atoms with Crippen molar-refractivity contribution >= 4 is 22.8 Å². The summed E-state index contributed by atoms with van der Waals surface area (Å²) in [7, 11) is 1.37. The molecule has 1 fully saturated rings. The second-order valence-electron chi connectivity index (χ2n) is 6.79. The molecule has 1 saturated carbocycles. The summed E-state index contributed by atoms with van der Waals surface area (Å²) in [5, 5.41) is 3.99. The maximum absolute atomic E-state index is 12.5. The average Bonchev–Trinajstić information content (AvgIpc) is 2.95. The Kier molecular flexibility index (Phi) is 5.74. The van der Waals surface area contributed by atoms with Gasteiger partial charge in [0.1, 0.15) is 6.54 Å². The Morgan fingerprint density at radius 3 is 2.52 bits per heavy atom. The van der Waals surface area contributed by atoms with Gasteiger partial charge in [0, 0.05) is 23.1 Å². The first-order chi connectivity index (χ1) is 12.2. The number of aromatic nitrogens is 1. The zero-order valence-corrected chi connectivity index (χ0v) is 14.8. The molecule has 1 aliphatic carbocycles. The van der Waals surface area contributed by atoms with Gasteiger partial charge in [-0.05, 0) is 18.9 Å². The Morgan fingerprint density at radius 2 is 1.80 bits per heavy atom. The number of ether oxygens (including phenoxy) is 1. The van der Waals surface area contributed by atoms with Crippen molar-refractivity contribution in [1.29, 1.82) is 0 Å². The molecule has 25 heavy (non-hydrogen) atoms. The Labute approximate surface area is 148 Å². The van der Waals surface area contributed by atoms with Crippen LogP contribution in [0.3, 0.4) is 0 Å². The minimum atomic E-state index is -0.379. The fraction of sp³-hybridized carbons (Fsp3) is 0.500. The molecule has 0 unspecified atom stereocenters. The predicted octanol–water partition coefficient (Wildman–Crippen LogP) is 3.66. The molecule has 0 atom stereocenters. The van der Waals surface area contributed by atoms with Crippen molar-refractivity contribution in [2.75, 3.05) is 7.11 Å². The smallest absolute Gasteiger partial charge is 0.340 e. The molecule has 0 aliphatic heterocycles. The minimum absolute atomic E-state index is 0.00254. The Hall–Kier alpha value is -2.30. The normalized spacial score (nSPS) is 16.2. The molecule has 1 aromatic heterocycles. The van der Waals surface area contributed by atoms with E-state index in [1.54, 1.807) is 6.20 Å². The van der Waals surface area contributed by atoms with Crippen LogP contribution in [0.25, 0.3) is 10.9 Å². The highest BCUT2D eigenvalue weighted by molar-refractivity contribution is 6.04. The molecule has 1 amide bonds. The lowest BCUT2D eigenvalue weighted by molar-refractivity contribution is -0.122. The van der Waals surface area contributed by atoms with Crippen molar-refractivity contribution in [3.8, 4) is 0 Å². The lowest BCUT2D eigenvalue weighted by atomic mass is 9.97. The summed E-state index contributed by atoms with van der Waals surface area (Å²) >= 11 is 0. The molecular weight excluding hydrogens is 316 g/mol. The van der Waals surface area contributed by atoms with E-state index in [-0.39, 0.29) is 24.5 Å². The Morgan fingerprint density at radius 1 is 1.12 bits per heavy atom. The summed E-state index contributed by atoms with van der Waals surface area (Å²) in [6, 6.07) is 7.87. The van der Waals surface area contributed by atoms with Crippen molar-refractivity contribution < 1.29 is 14.3 Å². The van der Waals surface area contributed by atoms with Crippen molar-refractivity contribution in [3.63, 3.8) is 0 Å². The molecule has 1 aromatic carbocycles. The number of esters is 1. The molecule has 0 radical (unpaired) electrons. The second-order valence-corrected chi connectivity index (χ2v) is 6.79. The molecule has 134 valence electrons.